The Morgan fingerprint density at radius 1 is 1.42 bits per heavy atom. The van der Waals surface area contributed by atoms with Crippen molar-refractivity contribution in [2.45, 2.75) is 0 Å². The summed E-state index contributed by atoms with van der Waals surface area (Å²) in [5.41, 5.74) is 2.29. The number of hydrogen-bond donors (Lipinski definition) is 0. The normalized spacial score (nSPS) is 14.7. The van der Waals surface area contributed by atoms with E-state index in [9.17, 15) is 0 Å². The van der Waals surface area contributed by atoms with Crippen molar-refractivity contribution in [3.8, 4) is 0 Å². The first-order valence-electron chi connectivity index (χ1n) is 3.67. The highest BCUT2D eigenvalue weighted by molar-refractivity contribution is 14.1. The molecule has 0 saturated carbocycles. The molecule has 0 fully saturated rings. The summed E-state index contributed by atoms with van der Waals surface area (Å²) in [6.45, 7) is 0.787. The van der Waals surface area contributed by atoms with Gasteiger partial charge in [0.05, 0.1) is 12.2 Å². The quantitative estimate of drug-likeness (QED) is 0.524. The summed E-state index contributed by atoms with van der Waals surface area (Å²) in [7, 11) is 0. The molecule has 0 radical (unpaired) electrons. The van der Waals surface area contributed by atoms with Gasteiger partial charge >= 0.3 is 0 Å². The molecule has 1 nitrogen and oxygen atoms in total. The zero-order valence-corrected chi connectivity index (χ0v) is 9.21. The predicted molar refractivity (Wildman–Crippen MR) is 61.4 cm³/mol. The van der Waals surface area contributed by atoms with Crippen molar-refractivity contribution >= 4 is 46.1 Å². The molecular formula is C9H7ClIN. The average molecular weight is 292 g/mol. The number of hydrogen-bond acceptors (Lipinski definition) is 1. The molecule has 1 aromatic rings. The highest BCUT2D eigenvalue weighted by Gasteiger charge is 2.09. The number of anilines is 1. The smallest absolute Gasteiger partial charge is 0.0599 e. The third-order valence-electron chi connectivity index (χ3n) is 1.81. The van der Waals surface area contributed by atoms with Crippen molar-refractivity contribution in [1.82, 2.24) is 0 Å². The zero-order chi connectivity index (χ0) is 8.55. The molecule has 3 heteroatoms. The number of nitrogens with zero attached hydrogens (tertiary/aromatic N) is 1. The van der Waals surface area contributed by atoms with Crippen LogP contribution in [0.1, 0.15) is 5.56 Å². The summed E-state index contributed by atoms with van der Waals surface area (Å²) in [6.07, 6.45) is 4.17. The molecule has 0 atom stereocenters. The maximum atomic E-state index is 5.98. The standard InChI is InChI=1S/C9H7ClIN/c10-12-5-1-2-7-6-8(11)3-4-9(7)12/h1-4,6H,5H2. The lowest BCUT2D eigenvalue weighted by molar-refractivity contribution is 1.18. The van der Waals surface area contributed by atoms with Crippen molar-refractivity contribution in [3.63, 3.8) is 0 Å². The summed E-state index contributed by atoms with van der Waals surface area (Å²) in [5, 5.41) is 0. The molecule has 0 unspecified atom stereocenters. The van der Waals surface area contributed by atoms with Crippen LogP contribution in [0.5, 0.6) is 0 Å². The Hall–Kier alpha value is -0.220. The van der Waals surface area contributed by atoms with Crippen molar-refractivity contribution in [2.24, 2.45) is 0 Å². The first-order chi connectivity index (χ1) is 5.77. The van der Waals surface area contributed by atoms with E-state index in [1.807, 2.05) is 6.07 Å². The second-order valence-electron chi connectivity index (χ2n) is 2.65. The summed E-state index contributed by atoms with van der Waals surface area (Å²) in [4.78, 5) is 0. The molecule has 1 heterocycles. The Bertz CT molecular complexity index is 335. The monoisotopic (exact) mass is 291 g/mol. The predicted octanol–water partition coefficient (Wildman–Crippen LogP) is 3.28. The van der Waals surface area contributed by atoms with Gasteiger partial charge in [-0.15, -0.1) is 0 Å². The summed E-state index contributed by atoms with van der Waals surface area (Å²) in [5.74, 6) is 0. The van der Waals surface area contributed by atoms with Crippen LogP contribution in [0.2, 0.25) is 0 Å². The SMILES string of the molecule is ClN1CC=Cc2cc(I)ccc21. The second kappa shape index (κ2) is 3.26. The van der Waals surface area contributed by atoms with E-state index < -0.39 is 0 Å². The van der Waals surface area contributed by atoms with Crippen LogP contribution in [0.25, 0.3) is 6.08 Å². The summed E-state index contributed by atoms with van der Waals surface area (Å²) < 4.78 is 2.97. The molecule has 1 aliphatic heterocycles. The lowest BCUT2D eigenvalue weighted by Gasteiger charge is -2.20. The topological polar surface area (TPSA) is 3.24 Å². The van der Waals surface area contributed by atoms with Crippen LogP contribution in [-0.4, -0.2) is 6.54 Å². The minimum absolute atomic E-state index is 0.787. The third-order valence-corrected chi connectivity index (χ3v) is 2.81. The van der Waals surface area contributed by atoms with Gasteiger partial charge in [0.1, 0.15) is 0 Å². The molecule has 0 aliphatic carbocycles. The van der Waals surface area contributed by atoms with Gasteiger partial charge in [0, 0.05) is 15.3 Å². The summed E-state index contributed by atoms with van der Waals surface area (Å²) >= 11 is 8.28. The Morgan fingerprint density at radius 3 is 3.08 bits per heavy atom. The van der Waals surface area contributed by atoms with Crippen LogP contribution in [0, 0.1) is 3.57 Å². The van der Waals surface area contributed by atoms with Gasteiger partial charge in [-0.2, -0.15) is 0 Å². The number of rotatable bonds is 0. The van der Waals surface area contributed by atoms with Gasteiger partial charge in [0.25, 0.3) is 0 Å². The fourth-order valence-corrected chi connectivity index (χ4v) is 2.00. The maximum absolute atomic E-state index is 5.98. The molecule has 62 valence electrons. The first kappa shape index (κ1) is 8.38. The highest BCUT2D eigenvalue weighted by atomic mass is 127. The minimum atomic E-state index is 0.787. The van der Waals surface area contributed by atoms with E-state index in [1.165, 1.54) is 9.13 Å². The largest absolute Gasteiger partial charge is 0.281 e. The van der Waals surface area contributed by atoms with E-state index in [0.717, 1.165) is 12.2 Å². The fraction of sp³-hybridized carbons (Fsp3) is 0.111. The molecule has 0 amide bonds. The van der Waals surface area contributed by atoms with Crippen LogP contribution < -0.4 is 4.42 Å². The number of benzene rings is 1. The Balaban J connectivity index is 2.55. The molecule has 1 aliphatic rings. The zero-order valence-electron chi connectivity index (χ0n) is 6.30. The van der Waals surface area contributed by atoms with Crippen LogP contribution in [0.15, 0.2) is 24.3 Å². The van der Waals surface area contributed by atoms with Gasteiger partial charge in [0.2, 0.25) is 0 Å². The van der Waals surface area contributed by atoms with Gasteiger partial charge in [0.15, 0.2) is 0 Å². The van der Waals surface area contributed by atoms with Crippen LogP contribution in [0.4, 0.5) is 5.69 Å². The van der Waals surface area contributed by atoms with E-state index in [1.54, 1.807) is 4.42 Å². The lowest BCUT2D eigenvalue weighted by Crippen LogP contribution is -2.13. The van der Waals surface area contributed by atoms with Crippen LogP contribution >= 0.6 is 34.4 Å². The van der Waals surface area contributed by atoms with E-state index in [4.69, 9.17) is 11.8 Å². The molecule has 0 spiro atoms. The Kier molecular flexibility index (Phi) is 2.28. The second-order valence-corrected chi connectivity index (χ2v) is 4.30. The van der Waals surface area contributed by atoms with Gasteiger partial charge in [-0.1, -0.05) is 12.2 Å². The molecule has 2 rings (SSSR count). The summed E-state index contributed by atoms with van der Waals surface area (Å²) in [6, 6.07) is 6.24. The molecule has 0 aromatic heterocycles. The van der Waals surface area contributed by atoms with Gasteiger partial charge < -0.3 is 0 Å². The molecule has 12 heavy (non-hydrogen) atoms. The molecule has 1 aromatic carbocycles. The van der Waals surface area contributed by atoms with E-state index in [2.05, 4.69) is 46.9 Å². The van der Waals surface area contributed by atoms with Crippen molar-refractivity contribution in [3.05, 3.63) is 33.4 Å². The molecular weight excluding hydrogens is 284 g/mol. The lowest BCUT2D eigenvalue weighted by atomic mass is 10.1. The van der Waals surface area contributed by atoms with Crippen LogP contribution in [-0.2, 0) is 0 Å². The Labute approximate surface area is 90.3 Å². The van der Waals surface area contributed by atoms with Crippen LogP contribution in [0.3, 0.4) is 0 Å². The van der Waals surface area contributed by atoms with Crippen molar-refractivity contribution in [2.75, 3.05) is 11.0 Å². The van der Waals surface area contributed by atoms with E-state index in [-0.39, 0.29) is 0 Å². The van der Waals surface area contributed by atoms with Gasteiger partial charge in [-0.05, 0) is 46.4 Å². The maximum Gasteiger partial charge on any atom is 0.0599 e. The number of fused-ring (bicyclic) bond motifs is 1. The Morgan fingerprint density at radius 2 is 2.25 bits per heavy atom. The van der Waals surface area contributed by atoms with Gasteiger partial charge in [-0.25, -0.2) is 0 Å². The number of halogens is 2. The molecule has 0 bridgehead atoms. The first-order valence-corrected chi connectivity index (χ1v) is 5.08. The third kappa shape index (κ3) is 1.45. The fourth-order valence-electron chi connectivity index (χ4n) is 1.25. The highest BCUT2D eigenvalue weighted by Crippen LogP contribution is 2.28. The minimum Gasteiger partial charge on any atom is -0.281 e. The molecule has 0 N–H and O–H groups in total. The van der Waals surface area contributed by atoms with Gasteiger partial charge in [-0.3, -0.25) is 4.42 Å². The molecule has 0 saturated heterocycles. The van der Waals surface area contributed by atoms with Crippen molar-refractivity contribution < 1.29 is 0 Å². The van der Waals surface area contributed by atoms with E-state index >= 15 is 0 Å². The van der Waals surface area contributed by atoms with E-state index in [0.29, 0.717) is 0 Å². The van der Waals surface area contributed by atoms with Crippen molar-refractivity contribution in [1.29, 1.82) is 0 Å². The average Bonchev–Trinajstić information content (AvgIpc) is 2.04.